The minimum absolute atomic E-state index is 0.113. The van der Waals surface area contributed by atoms with Crippen molar-refractivity contribution in [2.45, 2.75) is 65.8 Å². The number of amides is 2. The molecule has 0 aromatic carbocycles. The third kappa shape index (κ3) is 5.94. The maximum absolute atomic E-state index is 11.7. The van der Waals surface area contributed by atoms with E-state index in [2.05, 4.69) is 17.6 Å². The zero-order valence-electron chi connectivity index (χ0n) is 12.6. The van der Waals surface area contributed by atoms with Crippen molar-refractivity contribution in [2.75, 3.05) is 6.54 Å². The molecule has 0 saturated heterocycles. The van der Waals surface area contributed by atoms with Crippen molar-refractivity contribution < 1.29 is 14.7 Å². The summed E-state index contributed by atoms with van der Waals surface area (Å²) in [6.45, 7) is 7.90. The lowest BCUT2D eigenvalue weighted by molar-refractivity contribution is -0.149. The van der Waals surface area contributed by atoms with E-state index in [0.717, 1.165) is 19.3 Å². The van der Waals surface area contributed by atoms with Gasteiger partial charge in [-0.1, -0.05) is 33.6 Å². The summed E-state index contributed by atoms with van der Waals surface area (Å²) >= 11 is 0. The first kappa shape index (κ1) is 17.7. The lowest BCUT2D eigenvalue weighted by Gasteiger charge is -2.27. The molecule has 5 heteroatoms. The van der Waals surface area contributed by atoms with Crippen LogP contribution in [-0.2, 0) is 4.79 Å². The molecule has 19 heavy (non-hydrogen) atoms. The average molecular weight is 272 g/mol. The summed E-state index contributed by atoms with van der Waals surface area (Å²) in [7, 11) is 0. The zero-order valence-corrected chi connectivity index (χ0v) is 12.6. The molecule has 0 heterocycles. The number of carboxylic acid groups (broad SMARTS) is 1. The van der Waals surface area contributed by atoms with Crippen molar-refractivity contribution in [1.82, 2.24) is 10.6 Å². The van der Waals surface area contributed by atoms with E-state index < -0.39 is 11.4 Å². The second-order valence-corrected chi connectivity index (χ2v) is 5.16. The van der Waals surface area contributed by atoms with E-state index in [9.17, 15) is 14.7 Å². The van der Waals surface area contributed by atoms with Gasteiger partial charge in [-0.15, -0.1) is 0 Å². The number of carbonyl (C=O) groups excluding carboxylic acids is 1. The standard InChI is InChI=1S/C14H28N2O3/c1-5-8-9-11(4)16-13(19)15-10-14(6-2,7-3)12(17)18/h11H,5-10H2,1-4H3,(H,17,18)(H2,15,16,19). The molecule has 0 aliphatic rings. The molecular formula is C14H28N2O3. The van der Waals surface area contributed by atoms with Crippen LogP contribution in [0.25, 0.3) is 0 Å². The Morgan fingerprint density at radius 2 is 1.79 bits per heavy atom. The lowest BCUT2D eigenvalue weighted by atomic mass is 9.82. The third-order valence-corrected chi connectivity index (χ3v) is 3.76. The molecule has 0 rings (SSSR count). The summed E-state index contributed by atoms with van der Waals surface area (Å²) in [4.78, 5) is 23.0. The molecule has 2 amide bonds. The minimum Gasteiger partial charge on any atom is -0.481 e. The number of unbranched alkanes of at least 4 members (excludes halogenated alkanes) is 1. The second-order valence-electron chi connectivity index (χ2n) is 5.16. The van der Waals surface area contributed by atoms with Crippen LogP contribution in [0, 0.1) is 5.41 Å². The molecule has 112 valence electrons. The van der Waals surface area contributed by atoms with Gasteiger partial charge in [-0.25, -0.2) is 4.79 Å². The van der Waals surface area contributed by atoms with E-state index in [1.807, 2.05) is 20.8 Å². The Bertz CT molecular complexity index is 288. The Kier molecular flexibility index (Phi) is 8.19. The topological polar surface area (TPSA) is 78.4 Å². The number of aliphatic carboxylic acids is 1. The van der Waals surface area contributed by atoms with E-state index in [4.69, 9.17) is 0 Å². The van der Waals surface area contributed by atoms with Crippen LogP contribution in [0.2, 0.25) is 0 Å². The highest BCUT2D eigenvalue weighted by Gasteiger charge is 2.35. The Hall–Kier alpha value is -1.26. The summed E-state index contributed by atoms with van der Waals surface area (Å²) < 4.78 is 0. The summed E-state index contributed by atoms with van der Waals surface area (Å²) in [6, 6.07) is -0.168. The fraction of sp³-hybridized carbons (Fsp3) is 0.857. The molecule has 0 bridgehead atoms. The Labute approximate surface area is 116 Å². The average Bonchev–Trinajstić information content (AvgIpc) is 2.37. The van der Waals surface area contributed by atoms with E-state index in [0.29, 0.717) is 12.8 Å². The van der Waals surface area contributed by atoms with Crippen LogP contribution >= 0.6 is 0 Å². The summed E-state index contributed by atoms with van der Waals surface area (Å²) in [6.07, 6.45) is 4.12. The fourth-order valence-electron chi connectivity index (χ4n) is 1.98. The number of hydrogen-bond donors (Lipinski definition) is 3. The second kappa shape index (κ2) is 8.77. The molecule has 0 aromatic rings. The Morgan fingerprint density at radius 1 is 1.21 bits per heavy atom. The van der Waals surface area contributed by atoms with Gasteiger partial charge in [0.2, 0.25) is 0 Å². The SMILES string of the molecule is CCCCC(C)NC(=O)NCC(CC)(CC)C(=O)O. The molecule has 5 nitrogen and oxygen atoms in total. The Morgan fingerprint density at radius 3 is 2.21 bits per heavy atom. The maximum atomic E-state index is 11.7. The zero-order chi connectivity index (χ0) is 14.9. The highest BCUT2D eigenvalue weighted by Crippen LogP contribution is 2.25. The smallest absolute Gasteiger partial charge is 0.315 e. The van der Waals surface area contributed by atoms with E-state index in [-0.39, 0.29) is 18.6 Å². The van der Waals surface area contributed by atoms with Crippen molar-refractivity contribution in [2.24, 2.45) is 5.41 Å². The number of nitrogens with one attached hydrogen (secondary N) is 2. The van der Waals surface area contributed by atoms with Gasteiger partial charge in [-0.05, 0) is 26.2 Å². The largest absolute Gasteiger partial charge is 0.481 e. The van der Waals surface area contributed by atoms with Gasteiger partial charge in [0.15, 0.2) is 0 Å². The van der Waals surface area contributed by atoms with Crippen LogP contribution in [0.3, 0.4) is 0 Å². The van der Waals surface area contributed by atoms with Gasteiger partial charge in [-0.3, -0.25) is 4.79 Å². The molecule has 1 unspecified atom stereocenters. The van der Waals surface area contributed by atoms with E-state index in [1.54, 1.807) is 0 Å². The van der Waals surface area contributed by atoms with Gasteiger partial charge >= 0.3 is 12.0 Å². The van der Waals surface area contributed by atoms with Gasteiger partial charge in [0, 0.05) is 12.6 Å². The molecule has 0 radical (unpaired) electrons. The van der Waals surface area contributed by atoms with Gasteiger partial charge in [-0.2, -0.15) is 0 Å². The molecule has 1 atom stereocenters. The number of carboxylic acids is 1. The lowest BCUT2D eigenvalue weighted by Crippen LogP contribution is -2.47. The first-order valence-electron chi connectivity index (χ1n) is 7.19. The molecular weight excluding hydrogens is 244 g/mol. The fourth-order valence-corrected chi connectivity index (χ4v) is 1.98. The van der Waals surface area contributed by atoms with Crippen molar-refractivity contribution in [3.05, 3.63) is 0 Å². The Balaban J connectivity index is 4.23. The summed E-state index contributed by atoms with van der Waals surface area (Å²) in [5.74, 6) is -0.850. The highest BCUT2D eigenvalue weighted by molar-refractivity contribution is 5.78. The van der Waals surface area contributed by atoms with Crippen LogP contribution in [0.15, 0.2) is 0 Å². The van der Waals surface area contributed by atoms with Crippen molar-refractivity contribution >= 4 is 12.0 Å². The van der Waals surface area contributed by atoms with Gasteiger partial charge in [0.1, 0.15) is 0 Å². The molecule has 0 spiro atoms. The molecule has 0 aromatic heterocycles. The number of hydrogen-bond acceptors (Lipinski definition) is 2. The number of urea groups is 1. The van der Waals surface area contributed by atoms with Crippen LogP contribution in [0.1, 0.15) is 59.8 Å². The van der Waals surface area contributed by atoms with E-state index >= 15 is 0 Å². The van der Waals surface area contributed by atoms with Crippen LogP contribution in [0.5, 0.6) is 0 Å². The van der Waals surface area contributed by atoms with Gasteiger partial charge in [0.25, 0.3) is 0 Å². The summed E-state index contributed by atoms with van der Waals surface area (Å²) in [5, 5.41) is 14.8. The van der Waals surface area contributed by atoms with Crippen LogP contribution in [-0.4, -0.2) is 29.7 Å². The first-order chi connectivity index (χ1) is 8.91. The van der Waals surface area contributed by atoms with Crippen molar-refractivity contribution in [3.63, 3.8) is 0 Å². The predicted octanol–water partition coefficient (Wildman–Crippen LogP) is 2.76. The van der Waals surface area contributed by atoms with Gasteiger partial charge in [0.05, 0.1) is 5.41 Å². The quantitative estimate of drug-likeness (QED) is 0.604. The molecule has 3 N–H and O–H groups in total. The molecule has 0 aliphatic carbocycles. The van der Waals surface area contributed by atoms with Gasteiger partial charge < -0.3 is 15.7 Å². The monoisotopic (exact) mass is 272 g/mol. The predicted molar refractivity (Wildman–Crippen MR) is 76.2 cm³/mol. The highest BCUT2D eigenvalue weighted by atomic mass is 16.4. The van der Waals surface area contributed by atoms with Crippen molar-refractivity contribution in [3.8, 4) is 0 Å². The maximum Gasteiger partial charge on any atom is 0.315 e. The first-order valence-corrected chi connectivity index (χ1v) is 7.19. The molecule has 0 fully saturated rings. The third-order valence-electron chi connectivity index (χ3n) is 3.76. The molecule has 0 saturated carbocycles. The van der Waals surface area contributed by atoms with E-state index in [1.165, 1.54) is 0 Å². The molecule has 0 aliphatic heterocycles. The normalized spacial score (nSPS) is 12.8. The summed E-state index contributed by atoms with van der Waals surface area (Å²) in [5.41, 5.74) is -0.857. The number of carbonyl (C=O) groups is 2. The van der Waals surface area contributed by atoms with Crippen LogP contribution in [0.4, 0.5) is 4.79 Å². The number of rotatable bonds is 9. The van der Waals surface area contributed by atoms with Crippen molar-refractivity contribution in [1.29, 1.82) is 0 Å². The van der Waals surface area contributed by atoms with Crippen LogP contribution < -0.4 is 10.6 Å². The minimum atomic E-state index is -0.857.